The Labute approximate surface area is 162 Å². The van der Waals surface area contributed by atoms with Gasteiger partial charge in [0.1, 0.15) is 18.6 Å². The van der Waals surface area contributed by atoms with Crippen LogP contribution < -0.4 is 16.4 Å². The van der Waals surface area contributed by atoms with Crippen molar-refractivity contribution < 1.29 is 42.0 Å². The number of carbonyl (C=O) groups excluding carboxylic acids is 3. The van der Waals surface area contributed by atoms with Crippen LogP contribution in [0, 0.1) is 0 Å². The molecule has 0 aliphatic carbocycles. The van der Waals surface area contributed by atoms with Gasteiger partial charge in [0.15, 0.2) is 0 Å². The van der Waals surface area contributed by atoms with Gasteiger partial charge in [-0.25, -0.2) is 0 Å². The van der Waals surface area contributed by atoms with Gasteiger partial charge in [-0.15, -0.1) is 0 Å². The van der Waals surface area contributed by atoms with Gasteiger partial charge in [-0.3, -0.25) is 23.7 Å². The summed E-state index contributed by atoms with van der Waals surface area (Å²) in [6.45, 7) is 1.53. The van der Waals surface area contributed by atoms with Gasteiger partial charge < -0.3 is 26.2 Å². The summed E-state index contributed by atoms with van der Waals surface area (Å²) in [5, 5.41) is 13.3. The lowest BCUT2D eigenvalue weighted by Gasteiger charge is -2.16. The summed E-state index contributed by atoms with van der Waals surface area (Å²) in [7, 11) is -3.67. The Morgan fingerprint density at radius 2 is 1.78 bits per heavy atom. The van der Waals surface area contributed by atoms with Crippen LogP contribution in [0.5, 0.6) is 0 Å². The Balaban J connectivity index is 0. The zero-order valence-electron chi connectivity index (χ0n) is 14.9. The second kappa shape index (κ2) is 14.2. The smallest absolute Gasteiger partial charge is 0.325 e. The largest absolute Gasteiger partial charge is 0.480 e. The molecule has 0 fully saturated rings. The number of hydrogen-bond acceptors (Lipinski definition) is 9. The first-order valence-electron chi connectivity index (χ1n) is 7.56. The number of esters is 1. The van der Waals surface area contributed by atoms with E-state index in [1.54, 1.807) is 6.92 Å². The van der Waals surface area contributed by atoms with E-state index in [9.17, 15) is 27.6 Å². The standard InChI is InChI=1S/C12H21N3O6S.CH4O3S/c1-2-21-10(17)5-14-11(18)8(6-22)15-9(16)4-3-7(13)12(19)20;1-5(2,3)4/h7-8,22H,2-6,13H2,1H3,(H,14,18)(H,15,16)(H,19,20);1H3,(H,2,3,4). The highest BCUT2D eigenvalue weighted by Gasteiger charge is 2.21. The van der Waals surface area contributed by atoms with Crippen molar-refractivity contribution in [3.63, 3.8) is 0 Å². The Morgan fingerprint density at radius 3 is 2.19 bits per heavy atom. The van der Waals surface area contributed by atoms with Crippen LogP contribution in [0.4, 0.5) is 0 Å². The Hall–Kier alpha value is -1.90. The maximum Gasteiger partial charge on any atom is 0.325 e. The molecule has 0 radical (unpaired) electrons. The average Bonchev–Trinajstić information content (AvgIpc) is 2.53. The van der Waals surface area contributed by atoms with E-state index in [1.165, 1.54) is 0 Å². The number of aliphatic carboxylic acids is 1. The van der Waals surface area contributed by atoms with E-state index in [0.29, 0.717) is 6.26 Å². The van der Waals surface area contributed by atoms with E-state index >= 15 is 0 Å². The summed E-state index contributed by atoms with van der Waals surface area (Å²) in [6, 6.07) is -2.08. The first-order chi connectivity index (χ1) is 12.3. The maximum atomic E-state index is 11.8. The van der Waals surface area contributed by atoms with Crippen LogP contribution in [0.2, 0.25) is 0 Å². The van der Waals surface area contributed by atoms with Crippen LogP contribution in [0.3, 0.4) is 0 Å². The molecule has 2 atom stereocenters. The molecule has 0 aliphatic rings. The predicted molar refractivity (Wildman–Crippen MR) is 97.7 cm³/mol. The molecule has 2 amide bonds. The molecule has 0 aromatic heterocycles. The Kier molecular flexibility index (Phi) is 14.4. The van der Waals surface area contributed by atoms with Crippen molar-refractivity contribution in [2.75, 3.05) is 25.2 Å². The van der Waals surface area contributed by atoms with Crippen molar-refractivity contribution >= 4 is 46.5 Å². The van der Waals surface area contributed by atoms with E-state index in [1.807, 2.05) is 0 Å². The number of nitrogens with two attached hydrogens (primary N) is 1. The third kappa shape index (κ3) is 18.7. The van der Waals surface area contributed by atoms with Crippen LogP contribution in [0.25, 0.3) is 0 Å². The number of hydrogen-bond donors (Lipinski definition) is 6. The van der Waals surface area contributed by atoms with Gasteiger partial charge in [0, 0.05) is 12.2 Å². The predicted octanol–water partition coefficient (Wildman–Crippen LogP) is -2.22. The lowest BCUT2D eigenvalue weighted by Crippen LogP contribution is -2.49. The van der Waals surface area contributed by atoms with Gasteiger partial charge in [0.05, 0.1) is 12.9 Å². The lowest BCUT2D eigenvalue weighted by atomic mass is 10.1. The highest BCUT2D eigenvalue weighted by molar-refractivity contribution is 7.85. The minimum atomic E-state index is -3.67. The number of thiol groups is 1. The summed E-state index contributed by atoms with van der Waals surface area (Å²) >= 11 is 3.95. The van der Waals surface area contributed by atoms with Gasteiger partial charge in [0.25, 0.3) is 10.1 Å². The fourth-order valence-electron chi connectivity index (χ4n) is 1.37. The number of carboxylic acids is 1. The van der Waals surface area contributed by atoms with E-state index < -0.39 is 46.0 Å². The van der Waals surface area contributed by atoms with Gasteiger partial charge >= 0.3 is 11.9 Å². The second-order valence-electron chi connectivity index (χ2n) is 5.04. The second-order valence-corrected chi connectivity index (χ2v) is 6.87. The quantitative estimate of drug-likeness (QED) is 0.125. The Morgan fingerprint density at radius 1 is 1.26 bits per heavy atom. The molecule has 0 saturated heterocycles. The van der Waals surface area contributed by atoms with E-state index in [-0.39, 0.29) is 31.7 Å². The van der Waals surface area contributed by atoms with Crippen LogP contribution in [-0.4, -0.2) is 79.1 Å². The SMILES string of the molecule is CCOC(=O)CNC(=O)C(CS)NC(=O)CCC(N)C(=O)O.CS(=O)(=O)O. The minimum Gasteiger partial charge on any atom is -0.480 e. The zero-order chi connectivity index (χ0) is 21.6. The summed E-state index contributed by atoms with van der Waals surface area (Å²) in [5.41, 5.74) is 5.27. The molecule has 0 aliphatic heterocycles. The number of carboxylic acid groups (broad SMARTS) is 1. The van der Waals surface area contributed by atoms with E-state index in [4.69, 9.17) is 15.4 Å². The van der Waals surface area contributed by atoms with Gasteiger partial charge in [0.2, 0.25) is 11.8 Å². The molecule has 0 aromatic carbocycles. The molecule has 6 N–H and O–H groups in total. The van der Waals surface area contributed by atoms with Crippen LogP contribution in [0.15, 0.2) is 0 Å². The van der Waals surface area contributed by atoms with Crippen LogP contribution >= 0.6 is 12.6 Å². The van der Waals surface area contributed by atoms with Crippen molar-refractivity contribution in [2.24, 2.45) is 5.73 Å². The number of carbonyl (C=O) groups is 4. The summed E-state index contributed by atoms with van der Waals surface area (Å²) in [6.07, 6.45) is 0.529. The molecular weight excluding hydrogens is 406 g/mol. The third-order valence-corrected chi connectivity index (χ3v) is 2.91. The number of nitrogens with one attached hydrogen (secondary N) is 2. The third-order valence-electron chi connectivity index (χ3n) is 2.55. The molecule has 0 rings (SSSR count). The van der Waals surface area contributed by atoms with Crippen molar-refractivity contribution in [1.82, 2.24) is 10.6 Å². The molecule has 158 valence electrons. The van der Waals surface area contributed by atoms with E-state index in [2.05, 4.69) is 28.0 Å². The van der Waals surface area contributed by atoms with Crippen molar-refractivity contribution in [3.05, 3.63) is 0 Å². The highest BCUT2D eigenvalue weighted by atomic mass is 32.2. The summed E-state index contributed by atoms with van der Waals surface area (Å²) in [5.74, 6) is -2.88. The highest BCUT2D eigenvalue weighted by Crippen LogP contribution is 1.97. The first kappa shape index (κ1) is 27.3. The maximum absolute atomic E-state index is 11.8. The molecule has 12 nitrogen and oxygen atoms in total. The number of rotatable bonds is 10. The van der Waals surface area contributed by atoms with Crippen LogP contribution in [-0.2, 0) is 34.0 Å². The van der Waals surface area contributed by atoms with Gasteiger partial charge in [-0.05, 0) is 13.3 Å². The normalized spacial score (nSPS) is 12.6. The minimum absolute atomic E-state index is 0.0192. The van der Waals surface area contributed by atoms with Crippen molar-refractivity contribution in [3.8, 4) is 0 Å². The van der Waals surface area contributed by atoms with E-state index in [0.717, 1.165) is 0 Å². The molecule has 27 heavy (non-hydrogen) atoms. The monoisotopic (exact) mass is 431 g/mol. The Bertz CT molecular complexity index is 602. The molecule has 14 heteroatoms. The summed E-state index contributed by atoms with van der Waals surface area (Å²) in [4.78, 5) is 45.0. The molecule has 0 saturated carbocycles. The lowest BCUT2D eigenvalue weighted by molar-refractivity contribution is -0.143. The van der Waals surface area contributed by atoms with Crippen molar-refractivity contribution in [1.29, 1.82) is 0 Å². The molecule has 0 aromatic rings. The molecule has 2 unspecified atom stereocenters. The molecule has 0 bridgehead atoms. The topological polar surface area (TPSA) is 202 Å². The molecule has 0 heterocycles. The number of amides is 2. The van der Waals surface area contributed by atoms with Gasteiger partial charge in [-0.1, -0.05) is 0 Å². The molecule has 0 spiro atoms. The van der Waals surface area contributed by atoms with Gasteiger partial charge in [-0.2, -0.15) is 21.0 Å². The molecular formula is C13H25N3O9S2. The number of ether oxygens (including phenoxy) is 1. The van der Waals surface area contributed by atoms with Crippen molar-refractivity contribution in [2.45, 2.75) is 31.8 Å². The zero-order valence-corrected chi connectivity index (χ0v) is 16.6. The average molecular weight is 431 g/mol. The summed E-state index contributed by atoms with van der Waals surface area (Å²) < 4.78 is 30.5. The first-order valence-corrected chi connectivity index (χ1v) is 10.0. The van der Waals surface area contributed by atoms with Crippen LogP contribution in [0.1, 0.15) is 19.8 Å². The fourth-order valence-corrected chi connectivity index (χ4v) is 1.62. The fraction of sp³-hybridized carbons (Fsp3) is 0.692.